The number of fused-ring (bicyclic) bond motifs is 5. The Kier molecular flexibility index (Phi) is 4.29. The van der Waals surface area contributed by atoms with Crippen LogP contribution in [-0.4, -0.2) is 43.9 Å². The van der Waals surface area contributed by atoms with Crippen molar-refractivity contribution >= 4 is 57.9 Å². The molecule has 138 valence electrons. The van der Waals surface area contributed by atoms with Crippen LogP contribution in [-0.2, 0) is 15.3 Å². The number of amides is 2. The minimum atomic E-state index is -1.54. The molecule has 0 aromatic heterocycles. The summed E-state index contributed by atoms with van der Waals surface area (Å²) in [5, 5.41) is 19.2. The molecule has 0 radical (unpaired) electrons. The average Bonchev–Trinajstić information content (AvgIpc) is 2.98. The monoisotopic (exact) mass is 399 g/mol. The first kappa shape index (κ1) is 18.1. The van der Waals surface area contributed by atoms with Crippen molar-refractivity contribution in [2.75, 3.05) is 5.75 Å². The number of imide groups is 1. The van der Waals surface area contributed by atoms with E-state index in [1.54, 1.807) is 18.0 Å². The summed E-state index contributed by atoms with van der Waals surface area (Å²) >= 11 is 7.04. The summed E-state index contributed by atoms with van der Waals surface area (Å²) < 4.78 is 0. The molecule has 2 aromatic rings. The van der Waals surface area contributed by atoms with Crippen LogP contribution in [0.3, 0.4) is 0 Å². The van der Waals surface area contributed by atoms with E-state index in [9.17, 15) is 14.7 Å². The number of carbonyl (C=O) groups excluding carboxylic acids is 2. The van der Waals surface area contributed by atoms with Crippen molar-refractivity contribution in [1.29, 1.82) is 0 Å². The first-order valence-corrected chi connectivity index (χ1v) is 9.82. The van der Waals surface area contributed by atoms with Gasteiger partial charge in [-0.15, -0.1) is 11.8 Å². The van der Waals surface area contributed by atoms with E-state index >= 15 is 0 Å². The topological polar surface area (TPSA) is 73.2 Å². The van der Waals surface area contributed by atoms with Crippen LogP contribution in [0, 0.1) is 5.92 Å². The van der Waals surface area contributed by atoms with Crippen molar-refractivity contribution in [2.45, 2.75) is 24.5 Å². The van der Waals surface area contributed by atoms with Crippen LogP contribution in [0.2, 0.25) is 0 Å². The zero-order valence-electron chi connectivity index (χ0n) is 14.7. The van der Waals surface area contributed by atoms with Crippen LogP contribution >= 0.6 is 24.0 Å². The van der Waals surface area contributed by atoms with Crippen LogP contribution in [0.1, 0.15) is 19.4 Å². The lowest BCUT2D eigenvalue weighted by atomic mass is 9.89. The van der Waals surface area contributed by atoms with Crippen LogP contribution in [0.25, 0.3) is 10.8 Å². The molecular formula is C19H17N3O3S2. The molecule has 0 fully saturated rings. The Morgan fingerprint density at radius 2 is 1.96 bits per heavy atom. The highest BCUT2D eigenvalue weighted by Gasteiger charge is 2.53. The van der Waals surface area contributed by atoms with Crippen molar-refractivity contribution in [2.24, 2.45) is 11.0 Å². The molecule has 0 saturated heterocycles. The van der Waals surface area contributed by atoms with Gasteiger partial charge in [-0.05, 0) is 23.0 Å². The third-order valence-corrected chi connectivity index (χ3v) is 6.50. The number of aliphatic hydroxyl groups is 1. The number of hydrazone groups is 1. The summed E-state index contributed by atoms with van der Waals surface area (Å²) in [5.41, 5.74) is -0.862. The van der Waals surface area contributed by atoms with Gasteiger partial charge in [0, 0.05) is 36.3 Å². The fourth-order valence-corrected chi connectivity index (χ4v) is 5.43. The van der Waals surface area contributed by atoms with Gasteiger partial charge in [0.05, 0.1) is 5.92 Å². The van der Waals surface area contributed by atoms with Gasteiger partial charge in [-0.2, -0.15) is 5.10 Å². The fraction of sp³-hybridized carbons (Fsp3) is 0.263. The molecule has 2 aliphatic heterocycles. The summed E-state index contributed by atoms with van der Waals surface area (Å²) in [6.07, 6.45) is 1.63. The molecule has 8 heteroatoms. The van der Waals surface area contributed by atoms with Crippen molar-refractivity contribution in [3.05, 3.63) is 42.0 Å². The molecule has 2 atom stereocenters. The molecule has 2 amide bonds. The Morgan fingerprint density at radius 3 is 2.67 bits per heavy atom. The van der Waals surface area contributed by atoms with Crippen molar-refractivity contribution in [3.8, 4) is 0 Å². The molecule has 2 aliphatic rings. The van der Waals surface area contributed by atoms with Crippen LogP contribution < -0.4 is 0 Å². The molecule has 0 spiro atoms. The smallest absolute Gasteiger partial charge is 0.232 e. The third kappa shape index (κ3) is 2.59. The van der Waals surface area contributed by atoms with Gasteiger partial charge in [0.1, 0.15) is 0 Å². The number of thiocarbonyl (C=S) groups is 1. The Morgan fingerprint density at radius 1 is 1.26 bits per heavy atom. The number of carbonyl (C=O) groups is 2. The van der Waals surface area contributed by atoms with Crippen molar-refractivity contribution < 1.29 is 14.7 Å². The summed E-state index contributed by atoms with van der Waals surface area (Å²) in [6, 6.07) is 11.8. The Labute approximate surface area is 165 Å². The van der Waals surface area contributed by atoms with Gasteiger partial charge in [0.15, 0.2) is 5.72 Å². The molecule has 2 unspecified atom stereocenters. The minimum absolute atomic E-state index is 0.123. The maximum Gasteiger partial charge on any atom is 0.232 e. The van der Waals surface area contributed by atoms with Crippen LogP contribution in [0.5, 0.6) is 0 Å². The normalized spacial score (nSPS) is 23.1. The lowest BCUT2D eigenvalue weighted by molar-refractivity contribution is -0.139. The highest BCUT2D eigenvalue weighted by Crippen LogP contribution is 2.50. The number of hydrogen-bond acceptors (Lipinski definition) is 6. The van der Waals surface area contributed by atoms with E-state index in [4.69, 9.17) is 12.2 Å². The zero-order valence-corrected chi connectivity index (χ0v) is 16.4. The van der Waals surface area contributed by atoms with Gasteiger partial charge in [0.25, 0.3) is 0 Å². The van der Waals surface area contributed by atoms with E-state index in [0.29, 0.717) is 11.3 Å². The van der Waals surface area contributed by atoms with Gasteiger partial charge >= 0.3 is 0 Å². The second kappa shape index (κ2) is 6.40. The SMILES string of the molecule is CC(=O)N(C(C)=O)C(=S)N1N=CC2CSc3c(ccc4ccccc34)C21O. The average molecular weight is 399 g/mol. The predicted octanol–water partition coefficient (Wildman–Crippen LogP) is 2.69. The number of thioether (sulfide) groups is 1. The van der Waals surface area contributed by atoms with Crippen LogP contribution in [0.15, 0.2) is 46.4 Å². The lowest BCUT2D eigenvalue weighted by Crippen LogP contribution is -2.55. The molecule has 27 heavy (non-hydrogen) atoms. The van der Waals surface area contributed by atoms with E-state index in [2.05, 4.69) is 5.10 Å². The van der Waals surface area contributed by atoms with E-state index < -0.39 is 17.5 Å². The molecular weight excluding hydrogens is 382 g/mol. The highest BCUT2D eigenvalue weighted by atomic mass is 32.2. The summed E-state index contributed by atoms with van der Waals surface area (Å²) in [7, 11) is 0. The molecule has 0 saturated carbocycles. The second-order valence-corrected chi connectivity index (χ2v) is 7.93. The lowest BCUT2D eigenvalue weighted by Gasteiger charge is -2.42. The molecule has 6 nitrogen and oxygen atoms in total. The predicted molar refractivity (Wildman–Crippen MR) is 108 cm³/mol. The van der Waals surface area contributed by atoms with E-state index in [-0.39, 0.29) is 11.0 Å². The molecule has 2 heterocycles. The molecule has 4 rings (SSSR count). The fourth-order valence-electron chi connectivity index (χ4n) is 3.61. The van der Waals surface area contributed by atoms with Crippen molar-refractivity contribution in [3.63, 3.8) is 0 Å². The third-order valence-electron chi connectivity index (χ3n) is 4.89. The number of nitrogens with zero attached hydrogens (tertiary/aromatic N) is 3. The molecule has 2 aromatic carbocycles. The molecule has 0 aliphatic carbocycles. The summed E-state index contributed by atoms with van der Waals surface area (Å²) in [4.78, 5) is 25.7. The van der Waals surface area contributed by atoms with Gasteiger partial charge in [-0.3, -0.25) is 9.59 Å². The minimum Gasteiger partial charge on any atom is -0.365 e. The standard InChI is InChI=1S/C19H17N3O3S2/c1-11(23)21(12(2)24)18(26)22-19(25)14(9-20-22)10-27-17-15-6-4-3-5-13(15)7-8-16(17)19/h3-9,14,25H,10H2,1-2H3. The Balaban J connectivity index is 1.86. The zero-order chi connectivity index (χ0) is 19.3. The molecule has 0 bridgehead atoms. The van der Waals surface area contributed by atoms with Gasteiger partial charge in [0.2, 0.25) is 16.9 Å². The van der Waals surface area contributed by atoms with Crippen LogP contribution in [0.4, 0.5) is 0 Å². The Bertz CT molecular complexity index is 1010. The van der Waals surface area contributed by atoms with Crippen molar-refractivity contribution in [1.82, 2.24) is 9.91 Å². The first-order valence-electron chi connectivity index (χ1n) is 8.42. The second-order valence-electron chi connectivity index (χ2n) is 6.54. The summed E-state index contributed by atoms with van der Waals surface area (Å²) in [6.45, 7) is 2.51. The largest absolute Gasteiger partial charge is 0.365 e. The summed E-state index contributed by atoms with van der Waals surface area (Å²) in [5.74, 6) is -0.729. The number of hydrogen-bond donors (Lipinski definition) is 1. The maximum absolute atomic E-state index is 11.9. The number of benzene rings is 2. The molecule has 1 N–H and O–H groups in total. The highest BCUT2D eigenvalue weighted by molar-refractivity contribution is 7.99. The van der Waals surface area contributed by atoms with Gasteiger partial charge in [-0.1, -0.05) is 36.4 Å². The van der Waals surface area contributed by atoms with E-state index in [1.807, 2.05) is 36.4 Å². The maximum atomic E-state index is 11.9. The first-order chi connectivity index (χ1) is 12.9. The number of rotatable bonds is 0. The van der Waals surface area contributed by atoms with Gasteiger partial charge in [-0.25, -0.2) is 9.91 Å². The van der Waals surface area contributed by atoms with Gasteiger partial charge < -0.3 is 5.11 Å². The Hall–Kier alpha value is -2.29. The van der Waals surface area contributed by atoms with E-state index in [0.717, 1.165) is 20.6 Å². The quantitative estimate of drug-likeness (QED) is 0.687. The van der Waals surface area contributed by atoms with E-state index in [1.165, 1.54) is 18.9 Å².